The number of nitrogens with zero attached hydrogens (tertiary/aromatic N) is 1. The molecule has 0 saturated carbocycles. The van der Waals surface area contributed by atoms with Gasteiger partial charge in [-0.15, -0.1) is 0 Å². The maximum Gasteiger partial charge on any atom is 0.229 e. The SMILES string of the molecule is O=C(Nc1ccc(Oc2cccc3ccccc23)cc1)[C@@H]1CC(=O)N(c2ccccc2)C1. The van der Waals surface area contributed by atoms with Gasteiger partial charge in [-0.05, 0) is 47.9 Å². The Balaban J connectivity index is 1.24. The van der Waals surface area contributed by atoms with Gasteiger partial charge < -0.3 is 15.0 Å². The van der Waals surface area contributed by atoms with E-state index in [1.807, 2.05) is 97.1 Å². The Morgan fingerprint density at radius 1 is 0.844 bits per heavy atom. The fraction of sp³-hybridized carbons (Fsp3) is 0.111. The lowest BCUT2D eigenvalue weighted by Crippen LogP contribution is -2.28. The van der Waals surface area contributed by atoms with E-state index in [1.165, 1.54) is 0 Å². The molecule has 0 unspecified atom stereocenters. The molecule has 1 N–H and O–H groups in total. The van der Waals surface area contributed by atoms with Crippen LogP contribution in [0.4, 0.5) is 11.4 Å². The van der Waals surface area contributed by atoms with Crippen LogP contribution in [0.1, 0.15) is 6.42 Å². The van der Waals surface area contributed by atoms with Gasteiger partial charge >= 0.3 is 0 Å². The summed E-state index contributed by atoms with van der Waals surface area (Å²) in [6.45, 7) is 0.386. The number of ether oxygens (including phenoxy) is 1. The predicted molar refractivity (Wildman–Crippen MR) is 126 cm³/mol. The third-order valence-corrected chi connectivity index (χ3v) is 5.66. The van der Waals surface area contributed by atoms with Crippen LogP contribution in [0.2, 0.25) is 0 Å². The first-order chi connectivity index (χ1) is 15.7. The molecule has 4 aromatic rings. The van der Waals surface area contributed by atoms with E-state index in [1.54, 1.807) is 4.90 Å². The molecule has 0 spiro atoms. The second-order valence-electron chi connectivity index (χ2n) is 7.83. The number of hydrogen-bond donors (Lipinski definition) is 1. The number of nitrogens with one attached hydrogen (secondary N) is 1. The number of fused-ring (bicyclic) bond motifs is 1. The van der Waals surface area contributed by atoms with E-state index < -0.39 is 0 Å². The molecule has 1 heterocycles. The molecule has 5 heteroatoms. The third kappa shape index (κ3) is 4.05. The fourth-order valence-corrected chi connectivity index (χ4v) is 4.00. The van der Waals surface area contributed by atoms with E-state index in [4.69, 9.17) is 4.74 Å². The second-order valence-corrected chi connectivity index (χ2v) is 7.83. The molecule has 32 heavy (non-hydrogen) atoms. The molecule has 1 fully saturated rings. The summed E-state index contributed by atoms with van der Waals surface area (Å²) in [5.74, 6) is 0.903. The average molecular weight is 422 g/mol. The van der Waals surface area contributed by atoms with Gasteiger partial charge in [0.25, 0.3) is 0 Å². The van der Waals surface area contributed by atoms with Gasteiger partial charge in [0.2, 0.25) is 11.8 Å². The van der Waals surface area contributed by atoms with E-state index in [0.717, 1.165) is 22.2 Å². The lowest BCUT2D eigenvalue weighted by Gasteiger charge is -2.16. The van der Waals surface area contributed by atoms with Gasteiger partial charge in [0.15, 0.2) is 0 Å². The van der Waals surface area contributed by atoms with Crippen molar-refractivity contribution < 1.29 is 14.3 Å². The number of hydrogen-bond acceptors (Lipinski definition) is 3. The van der Waals surface area contributed by atoms with Crippen molar-refractivity contribution in [3.63, 3.8) is 0 Å². The van der Waals surface area contributed by atoms with Crippen molar-refractivity contribution in [3.8, 4) is 11.5 Å². The van der Waals surface area contributed by atoms with Crippen LogP contribution in [0.25, 0.3) is 10.8 Å². The second kappa shape index (κ2) is 8.55. The smallest absolute Gasteiger partial charge is 0.229 e. The van der Waals surface area contributed by atoms with E-state index in [9.17, 15) is 9.59 Å². The summed E-state index contributed by atoms with van der Waals surface area (Å²) < 4.78 is 6.06. The highest BCUT2D eigenvalue weighted by Gasteiger charge is 2.35. The van der Waals surface area contributed by atoms with Crippen molar-refractivity contribution in [2.24, 2.45) is 5.92 Å². The average Bonchev–Trinajstić information content (AvgIpc) is 3.23. The molecule has 0 aromatic heterocycles. The molecule has 0 aliphatic carbocycles. The van der Waals surface area contributed by atoms with Crippen LogP contribution >= 0.6 is 0 Å². The fourth-order valence-electron chi connectivity index (χ4n) is 4.00. The van der Waals surface area contributed by atoms with Crippen LogP contribution in [0, 0.1) is 5.92 Å². The molecule has 0 radical (unpaired) electrons. The molecular weight excluding hydrogens is 400 g/mol. The Morgan fingerprint density at radius 2 is 1.56 bits per heavy atom. The van der Waals surface area contributed by atoms with Gasteiger partial charge in [-0.2, -0.15) is 0 Å². The number of rotatable bonds is 5. The quantitative estimate of drug-likeness (QED) is 0.454. The summed E-state index contributed by atoms with van der Waals surface area (Å²) in [5.41, 5.74) is 1.49. The van der Waals surface area contributed by atoms with Gasteiger partial charge in [0.1, 0.15) is 11.5 Å². The molecule has 0 bridgehead atoms. The minimum Gasteiger partial charge on any atom is -0.457 e. The molecule has 1 aliphatic heterocycles. The summed E-state index contributed by atoms with van der Waals surface area (Å²) in [4.78, 5) is 26.8. The lowest BCUT2D eigenvalue weighted by molar-refractivity contribution is -0.122. The number of carbonyl (C=O) groups excluding carboxylic acids is 2. The molecule has 4 aromatic carbocycles. The first-order valence-electron chi connectivity index (χ1n) is 10.6. The van der Waals surface area contributed by atoms with Crippen LogP contribution in [-0.4, -0.2) is 18.4 Å². The summed E-state index contributed by atoms with van der Waals surface area (Å²) in [5, 5.41) is 5.08. The summed E-state index contributed by atoms with van der Waals surface area (Å²) >= 11 is 0. The largest absolute Gasteiger partial charge is 0.457 e. The van der Waals surface area contributed by atoms with Crippen molar-refractivity contribution in [1.29, 1.82) is 0 Å². The van der Waals surface area contributed by atoms with Gasteiger partial charge in [-0.25, -0.2) is 0 Å². The van der Waals surface area contributed by atoms with Gasteiger partial charge in [-0.1, -0.05) is 54.6 Å². The molecule has 1 aliphatic rings. The highest BCUT2D eigenvalue weighted by molar-refractivity contribution is 6.03. The minimum atomic E-state index is -0.380. The molecular formula is C27H22N2O3. The highest BCUT2D eigenvalue weighted by Crippen LogP contribution is 2.31. The number of anilines is 2. The minimum absolute atomic E-state index is 0.0322. The first-order valence-corrected chi connectivity index (χ1v) is 10.6. The summed E-state index contributed by atoms with van der Waals surface area (Å²) in [6.07, 6.45) is 0.211. The monoisotopic (exact) mass is 422 g/mol. The maximum atomic E-state index is 12.7. The van der Waals surface area contributed by atoms with Crippen molar-refractivity contribution in [3.05, 3.63) is 97.1 Å². The van der Waals surface area contributed by atoms with Crippen molar-refractivity contribution >= 4 is 34.0 Å². The Morgan fingerprint density at radius 3 is 2.38 bits per heavy atom. The molecule has 5 nitrogen and oxygen atoms in total. The zero-order valence-electron chi connectivity index (χ0n) is 17.4. The van der Waals surface area contributed by atoms with Gasteiger partial charge in [-0.3, -0.25) is 9.59 Å². The van der Waals surface area contributed by atoms with E-state index in [2.05, 4.69) is 5.32 Å². The molecule has 158 valence electrons. The van der Waals surface area contributed by atoms with E-state index in [-0.39, 0.29) is 24.2 Å². The van der Waals surface area contributed by atoms with Gasteiger partial charge in [0.05, 0.1) is 5.92 Å². The zero-order chi connectivity index (χ0) is 21.9. The van der Waals surface area contributed by atoms with E-state index >= 15 is 0 Å². The normalized spacial score (nSPS) is 15.7. The zero-order valence-corrected chi connectivity index (χ0v) is 17.4. The number of benzene rings is 4. The highest BCUT2D eigenvalue weighted by atomic mass is 16.5. The van der Waals surface area contributed by atoms with Gasteiger partial charge in [0, 0.05) is 29.7 Å². The number of carbonyl (C=O) groups is 2. The molecule has 5 rings (SSSR count). The summed E-state index contributed by atoms with van der Waals surface area (Å²) in [6, 6.07) is 30.7. The van der Waals surface area contributed by atoms with Crippen LogP contribution in [0.3, 0.4) is 0 Å². The Labute approximate surface area is 186 Å². The standard InChI is InChI=1S/C27H22N2O3/c30-26-17-20(18-29(26)22-9-2-1-3-10-22)27(31)28-21-13-15-23(16-14-21)32-25-12-6-8-19-7-4-5-11-24(19)25/h1-16,20H,17-18H2,(H,28,31)/t20-/m1/s1. The van der Waals surface area contributed by atoms with E-state index in [0.29, 0.717) is 18.0 Å². The Bertz CT molecular complexity index is 1260. The van der Waals surface area contributed by atoms with Crippen LogP contribution in [0.15, 0.2) is 97.1 Å². The van der Waals surface area contributed by atoms with Crippen LogP contribution in [-0.2, 0) is 9.59 Å². The van der Waals surface area contributed by atoms with Crippen LogP contribution in [0.5, 0.6) is 11.5 Å². The molecule has 1 atom stereocenters. The summed E-state index contributed by atoms with van der Waals surface area (Å²) in [7, 11) is 0. The van der Waals surface area contributed by atoms with Crippen molar-refractivity contribution in [2.75, 3.05) is 16.8 Å². The maximum absolute atomic E-state index is 12.7. The Hall–Kier alpha value is -4.12. The van der Waals surface area contributed by atoms with Crippen molar-refractivity contribution in [1.82, 2.24) is 0 Å². The van der Waals surface area contributed by atoms with Crippen molar-refractivity contribution in [2.45, 2.75) is 6.42 Å². The lowest BCUT2D eigenvalue weighted by atomic mass is 10.1. The number of para-hydroxylation sites is 1. The molecule has 1 saturated heterocycles. The number of amides is 2. The van der Waals surface area contributed by atoms with Crippen LogP contribution < -0.4 is 15.0 Å². The molecule has 2 amide bonds. The first kappa shape index (κ1) is 19.8. The topological polar surface area (TPSA) is 58.6 Å². The third-order valence-electron chi connectivity index (χ3n) is 5.66. The Kier molecular flexibility index (Phi) is 5.30. The predicted octanol–water partition coefficient (Wildman–Crippen LogP) is 5.62.